The summed E-state index contributed by atoms with van der Waals surface area (Å²) in [5.74, 6) is 0.213. The van der Waals surface area contributed by atoms with Gasteiger partial charge in [-0.1, -0.05) is 41.0 Å². The number of amides is 1. The summed E-state index contributed by atoms with van der Waals surface area (Å²) < 4.78 is 10.8. The van der Waals surface area contributed by atoms with Crippen molar-refractivity contribution in [1.82, 2.24) is 4.90 Å². The summed E-state index contributed by atoms with van der Waals surface area (Å²) >= 11 is 0. The first-order valence-corrected chi connectivity index (χ1v) is 7.50. The molecule has 0 atom stereocenters. The molecular weight excluding hydrogens is 242 g/mol. The van der Waals surface area contributed by atoms with Gasteiger partial charge in [-0.15, -0.1) is 0 Å². The summed E-state index contributed by atoms with van der Waals surface area (Å²) in [6.45, 7) is 13.2. The minimum absolute atomic E-state index is 0.0531. The highest BCUT2D eigenvalue weighted by molar-refractivity contribution is 5.77. The Bertz CT molecular complexity index is 196. The molecule has 0 aliphatic rings. The van der Waals surface area contributed by atoms with Gasteiger partial charge in [0.15, 0.2) is 0 Å². The van der Waals surface area contributed by atoms with Crippen LogP contribution in [0.1, 0.15) is 47.5 Å². The van der Waals surface area contributed by atoms with Crippen molar-refractivity contribution in [3.05, 3.63) is 0 Å². The van der Waals surface area contributed by atoms with Crippen LogP contribution in [0.25, 0.3) is 0 Å². The second kappa shape index (κ2) is 15.4. The maximum Gasteiger partial charge on any atom is 0.224 e. The average Bonchev–Trinajstić information content (AvgIpc) is 2.42. The lowest BCUT2D eigenvalue weighted by Crippen LogP contribution is -2.33. The van der Waals surface area contributed by atoms with Gasteiger partial charge in [0.1, 0.15) is 0 Å². The molecule has 4 nitrogen and oxygen atoms in total. The number of ether oxygens (including phenoxy) is 2. The summed E-state index contributed by atoms with van der Waals surface area (Å²) in [7, 11) is 1.81. The number of hydrogen-bond acceptors (Lipinski definition) is 3. The quantitative estimate of drug-likeness (QED) is 0.575. The molecule has 0 rings (SSSR count). The molecule has 0 N–H and O–H groups in total. The Morgan fingerprint density at radius 1 is 1.05 bits per heavy atom. The zero-order valence-corrected chi connectivity index (χ0v) is 13.7. The fraction of sp³-hybridized carbons (Fsp3) is 0.933. The van der Waals surface area contributed by atoms with Gasteiger partial charge in [-0.05, 0) is 6.42 Å². The monoisotopic (exact) mass is 275 g/mol. The molecule has 0 fully saturated rings. The third-order valence-corrected chi connectivity index (χ3v) is 2.46. The van der Waals surface area contributed by atoms with Crippen molar-refractivity contribution in [3.63, 3.8) is 0 Å². The lowest BCUT2D eigenvalue weighted by molar-refractivity contribution is -0.133. The maximum absolute atomic E-state index is 11.5. The number of nitrogens with zero attached hydrogens (tertiary/aromatic N) is 1. The van der Waals surface area contributed by atoms with Crippen molar-refractivity contribution in [2.24, 2.45) is 5.92 Å². The number of carbonyl (C=O) groups excluding carboxylic acids is 1. The van der Waals surface area contributed by atoms with E-state index >= 15 is 0 Å². The number of rotatable bonds is 10. The summed E-state index contributed by atoms with van der Waals surface area (Å²) in [5, 5.41) is 0. The van der Waals surface area contributed by atoms with Crippen molar-refractivity contribution in [3.8, 4) is 0 Å². The van der Waals surface area contributed by atoms with Crippen LogP contribution in [0.4, 0.5) is 0 Å². The molecule has 0 saturated carbocycles. The molecule has 0 aliphatic carbocycles. The normalized spacial score (nSPS) is 10.1. The second-order valence-corrected chi connectivity index (χ2v) is 4.49. The predicted octanol–water partition coefficient (Wildman–Crippen LogP) is 2.96. The summed E-state index contributed by atoms with van der Waals surface area (Å²) in [6, 6.07) is 0. The topological polar surface area (TPSA) is 38.8 Å². The molecule has 0 saturated heterocycles. The second-order valence-electron chi connectivity index (χ2n) is 4.49. The van der Waals surface area contributed by atoms with Crippen LogP contribution >= 0.6 is 0 Å². The SMILES string of the molecule is CC.CCCCOCCOCCN(C)C(=O)C(C)C. The molecule has 0 aromatic rings. The summed E-state index contributed by atoms with van der Waals surface area (Å²) in [6.07, 6.45) is 2.26. The summed E-state index contributed by atoms with van der Waals surface area (Å²) in [5.41, 5.74) is 0. The van der Waals surface area contributed by atoms with Crippen LogP contribution in [0.2, 0.25) is 0 Å². The van der Waals surface area contributed by atoms with Gasteiger partial charge in [-0.3, -0.25) is 4.79 Å². The van der Waals surface area contributed by atoms with E-state index < -0.39 is 0 Å². The van der Waals surface area contributed by atoms with Gasteiger partial charge < -0.3 is 14.4 Å². The molecule has 0 unspecified atom stereocenters. The largest absolute Gasteiger partial charge is 0.379 e. The molecule has 0 aromatic heterocycles. The Kier molecular flexibility index (Phi) is 16.8. The van der Waals surface area contributed by atoms with Gasteiger partial charge in [0.05, 0.1) is 19.8 Å². The highest BCUT2D eigenvalue weighted by Crippen LogP contribution is 1.98. The van der Waals surface area contributed by atoms with Crippen molar-refractivity contribution in [1.29, 1.82) is 0 Å². The van der Waals surface area contributed by atoms with Crippen LogP contribution in [0.3, 0.4) is 0 Å². The smallest absolute Gasteiger partial charge is 0.224 e. The molecule has 19 heavy (non-hydrogen) atoms. The van der Waals surface area contributed by atoms with Crippen LogP contribution in [0.15, 0.2) is 0 Å². The van der Waals surface area contributed by atoms with Gasteiger partial charge in [-0.25, -0.2) is 0 Å². The zero-order valence-electron chi connectivity index (χ0n) is 13.7. The van der Waals surface area contributed by atoms with Crippen LogP contribution in [-0.2, 0) is 14.3 Å². The van der Waals surface area contributed by atoms with Crippen LogP contribution < -0.4 is 0 Å². The standard InChI is InChI=1S/C13H27NO3.C2H6/c1-5-6-8-16-10-11-17-9-7-14(4)13(15)12(2)3;1-2/h12H,5-11H2,1-4H3;1-2H3. The average molecular weight is 275 g/mol. The molecule has 0 bridgehead atoms. The van der Waals surface area contributed by atoms with Gasteiger partial charge in [0.2, 0.25) is 5.91 Å². The number of hydrogen-bond donors (Lipinski definition) is 0. The van der Waals surface area contributed by atoms with E-state index in [2.05, 4.69) is 6.92 Å². The fourth-order valence-corrected chi connectivity index (χ4v) is 1.32. The van der Waals surface area contributed by atoms with E-state index in [-0.39, 0.29) is 11.8 Å². The first kappa shape index (κ1) is 20.7. The Morgan fingerprint density at radius 2 is 1.58 bits per heavy atom. The van der Waals surface area contributed by atoms with E-state index in [0.29, 0.717) is 26.4 Å². The van der Waals surface area contributed by atoms with Crippen molar-refractivity contribution >= 4 is 5.91 Å². The molecule has 0 heterocycles. The van der Waals surface area contributed by atoms with Gasteiger partial charge in [0.25, 0.3) is 0 Å². The van der Waals surface area contributed by atoms with Crippen LogP contribution in [0.5, 0.6) is 0 Å². The lowest BCUT2D eigenvalue weighted by atomic mass is 10.2. The van der Waals surface area contributed by atoms with Crippen molar-refractivity contribution in [2.75, 3.05) is 40.0 Å². The van der Waals surface area contributed by atoms with Gasteiger partial charge in [-0.2, -0.15) is 0 Å². The highest BCUT2D eigenvalue weighted by Gasteiger charge is 2.11. The van der Waals surface area contributed by atoms with E-state index in [9.17, 15) is 4.79 Å². The minimum atomic E-state index is 0.0531. The molecule has 0 spiro atoms. The first-order chi connectivity index (χ1) is 9.09. The van der Waals surface area contributed by atoms with E-state index in [1.165, 1.54) is 0 Å². The van der Waals surface area contributed by atoms with Gasteiger partial charge >= 0.3 is 0 Å². The number of carbonyl (C=O) groups is 1. The molecule has 0 aliphatic heterocycles. The number of likely N-dealkylation sites (N-methyl/N-ethyl adjacent to an activating group) is 1. The van der Waals surface area contributed by atoms with Crippen molar-refractivity contribution < 1.29 is 14.3 Å². The Balaban J connectivity index is 0. The van der Waals surface area contributed by atoms with E-state index in [1.54, 1.807) is 4.90 Å². The lowest BCUT2D eigenvalue weighted by Gasteiger charge is -2.19. The summed E-state index contributed by atoms with van der Waals surface area (Å²) in [4.78, 5) is 13.2. The third-order valence-electron chi connectivity index (χ3n) is 2.46. The van der Waals surface area contributed by atoms with E-state index in [1.807, 2.05) is 34.7 Å². The molecule has 1 amide bonds. The van der Waals surface area contributed by atoms with E-state index in [4.69, 9.17) is 9.47 Å². The van der Waals surface area contributed by atoms with E-state index in [0.717, 1.165) is 19.4 Å². The third kappa shape index (κ3) is 13.6. The van der Waals surface area contributed by atoms with Crippen molar-refractivity contribution in [2.45, 2.75) is 47.5 Å². The molecule has 0 radical (unpaired) electrons. The molecule has 4 heteroatoms. The Morgan fingerprint density at radius 3 is 2.05 bits per heavy atom. The molecular formula is C15H33NO3. The van der Waals surface area contributed by atoms with Crippen LogP contribution in [-0.4, -0.2) is 50.8 Å². The Hall–Kier alpha value is -0.610. The Labute approximate surface area is 119 Å². The zero-order chi connectivity index (χ0) is 15.1. The highest BCUT2D eigenvalue weighted by atomic mass is 16.5. The predicted molar refractivity (Wildman–Crippen MR) is 80.4 cm³/mol. The molecule has 116 valence electrons. The van der Waals surface area contributed by atoms with Crippen LogP contribution in [0, 0.1) is 5.92 Å². The van der Waals surface area contributed by atoms with Gasteiger partial charge in [0, 0.05) is 26.1 Å². The first-order valence-electron chi connectivity index (χ1n) is 7.50. The molecule has 0 aromatic carbocycles. The maximum atomic E-state index is 11.5. The minimum Gasteiger partial charge on any atom is -0.379 e. The number of unbranched alkanes of at least 4 members (excludes halogenated alkanes) is 1. The fourth-order valence-electron chi connectivity index (χ4n) is 1.32.